The van der Waals surface area contributed by atoms with Crippen LogP contribution in [0.3, 0.4) is 0 Å². The zero-order chi connectivity index (χ0) is 22.3. The molecule has 3 aliphatic rings. The number of hydrogen-bond acceptors (Lipinski definition) is 6. The van der Waals surface area contributed by atoms with Gasteiger partial charge in [-0.3, -0.25) is 4.79 Å². The second-order valence-corrected chi connectivity index (χ2v) is 7.22. The molecule has 6 nitrogen and oxygen atoms in total. The van der Waals surface area contributed by atoms with E-state index in [4.69, 9.17) is 9.47 Å². The third-order valence-electron chi connectivity index (χ3n) is 5.45. The molecule has 2 aromatic carbocycles. The molecule has 5 rings (SSSR count). The number of aromatic hydroxyl groups is 2. The van der Waals surface area contributed by atoms with Crippen molar-refractivity contribution in [2.75, 3.05) is 0 Å². The number of Topliss-reactive ketones (excluding diaryl/α,β-unsaturated/α-hetero) is 1. The molecule has 0 fully saturated rings. The highest BCUT2D eigenvalue weighted by Crippen LogP contribution is 2.57. The predicted molar refractivity (Wildman–Crippen MR) is 114 cm³/mol. The number of allylic oxidation sites excluding steroid dienone is 2. The third kappa shape index (κ3) is 3.03. The molecule has 1 unspecified atom stereocenters. The van der Waals surface area contributed by atoms with Crippen molar-refractivity contribution < 1.29 is 29.3 Å². The van der Waals surface area contributed by atoms with Gasteiger partial charge in [0.05, 0.1) is 11.5 Å². The molecular formula is C25H22O6. The number of esters is 1. The molecule has 0 saturated heterocycles. The maximum absolute atomic E-state index is 12.9. The van der Waals surface area contributed by atoms with Gasteiger partial charge in [0.25, 0.3) is 0 Å². The Morgan fingerprint density at radius 1 is 0.935 bits per heavy atom. The minimum Gasteiger partial charge on any atom is -0.508 e. The highest BCUT2D eigenvalue weighted by Gasteiger charge is 2.54. The lowest BCUT2D eigenvalue weighted by Gasteiger charge is -2.37. The fraction of sp³-hybridized carbons (Fsp3) is 0.200. The number of ketones is 1. The van der Waals surface area contributed by atoms with Crippen LogP contribution in [0.15, 0.2) is 71.8 Å². The first-order valence-electron chi connectivity index (χ1n) is 10.1. The summed E-state index contributed by atoms with van der Waals surface area (Å²) in [6.07, 6.45) is 6.77. The highest BCUT2D eigenvalue weighted by molar-refractivity contribution is 5.99. The van der Waals surface area contributed by atoms with Crippen molar-refractivity contribution >= 4 is 11.8 Å². The Balaban J connectivity index is 0.00000112. The summed E-state index contributed by atoms with van der Waals surface area (Å²) in [5.41, 5.74) is 0.704. The molecule has 1 aliphatic carbocycles. The van der Waals surface area contributed by atoms with Crippen LogP contribution in [0.25, 0.3) is 0 Å². The molecule has 0 aromatic heterocycles. The van der Waals surface area contributed by atoms with Gasteiger partial charge in [-0.05, 0) is 31.2 Å². The van der Waals surface area contributed by atoms with Gasteiger partial charge in [0, 0.05) is 28.8 Å². The normalized spacial score (nSPS) is 19.3. The van der Waals surface area contributed by atoms with Crippen LogP contribution in [0.4, 0.5) is 0 Å². The topological polar surface area (TPSA) is 93.1 Å². The van der Waals surface area contributed by atoms with Crippen molar-refractivity contribution in [2.24, 2.45) is 5.92 Å². The fourth-order valence-corrected chi connectivity index (χ4v) is 4.08. The van der Waals surface area contributed by atoms with Crippen molar-refractivity contribution in [1.82, 2.24) is 0 Å². The molecule has 0 bridgehead atoms. The molecule has 2 heterocycles. The summed E-state index contributed by atoms with van der Waals surface area (Å²) >= 11 is 0. The molecule has 158 valence electrons. The zero-order valence-corrected chi connectivity index (χ0v) is 17.4. The number of benzene rings is 2. The van der Waals surface area contributed by atoms with Gasteiger partial charge in [-0.15, -0.1) is 0 Å². The van der Waals surface area contributed by atoms with E-state index in [9.17, 15) is 19.8 Å². The second-order valence-electron chi connectivity index (χ2n) is 7.22. The third-order valence-corrected chi connectivity index (χ3v) is 5.45. The van der Waals surface area contributed by atoms with Gasteiger partial charge < -0.3 is 19.7 Å². The van der Waals surface area contributed by atoms with Gasteiger partial charge in [0.1, 0.15) is 28.8 Å². The quantitative estimate of drug-likeness (QED) is 0.655. The molecule has 0 amide bonds. The van der Waals surface area contributed by atoms with E-state index in [-0.39, 0.29) is 17.3 Å². The van der Waals surface area contributed by atoms with E-state index >= 15 is 0 Å². The summed E-state index contributed by atoms with van der Waals surface area (Å²) in [4.78, 5) is 24.8. The van der Waals surface area contributed by atoms with Gasteiger partial charge in [0.2, 0.25) is 0 Å². The first-order valence-corrected chi connectivity index (χ1v) is 10.1. The standard InChI is InChI=1S/C23H16O6.C2H6/c1-12(24)13-2-6-16-17(7-3-13)23(29-22(16)27)18-8-4-14(25)10-20(18)28-21-11-15(26)5-9-19(21)23;1-2/h2-11,13,25-26H,1H3;1-2H3. The van der Waals surface area contributed by atoms with Gasteiger partial charge >= 0.3 is 5.97 Å². The van der Waals surface area contributed by atoms with Gasteiger partial charge in [-0.25, -0.2) is 4.79 Å². The van der Waals surface area contributed by atoms with E-state index in [0.29, 0.717) is 33.8 Å². The number of hydrogen-bond donors (Lipinski definition) is 2. The van der Waals surface area contributed by atoms with E-state index in [1.165, 1.54) is 31.2 Å². The van der Waals surface area contributed by atoms with Crippen LogP contribution in [-0.4, -0.2) is 22.0 Å². The second kappa shape index (κ2) is 7.47. The minimum atomic E-state index is -1.32. The first kappa shape index (κ1) is 20.5. The number of phenols is 2. The maximum atomic E-state index is 12.9. The van der Waals surface area contributed by atoms with Crippen LogP contribution in [0.2, 0.25) is 0 Å². The molecule has 6 heteroatoms. The van der Waals surface area contributed by atoms with Crippen molar-refractivity contribution in [3.63, 3.8) is 0 Å². The Bertz CT molecular complexity index is 1130. The monoisotopic (exact) mass is 418 g/mol. The Labute approximate surface area is 179 Å². The Morgan fingerprint density at radius 2 is 1.48 bits per heavy atom. The first-order chi connectivity index (χ1) is 14.9. The van der Waals surface area contributed by atoms with E-state index in [1.54, 1.807) is 36.4 Å². The summed E-state index contributed by atoms with van der Waals surface area (Å²) in [5.74, 6) is -0.385. The Morgan fingerprint density at radius 3 is 2.03 bits per heavy atom. The van der Waals surface area contributed by atoms with Crippen LogP contribution in [0, 0.1) is 5.92 Å². The van der Waals surface area contributed by atoms with Crippen molar-refractivity contribution in [2.45, 2.75) is 26.4 Å². The molecular weight excluding hydrogens is 396 g/mol. The van der Waals surface area contributed by atoms with Crippen LogP contribution >= 0.6 is 0 Å². The fourth-order valence-electron chi connectivity index (χ4n) is 4.08. The number of fused-ring (bicyclic) bond motifs is 5. The number of carbonyl (C=O) groups excluding carboxylic acids is 2. The number of rotatable bonds is 1. The summed E-state index contributed by atoms with van der Waals surface area (Å²) in [7, 11) is 0. The zero-order valence-electron chi connectivity index (χ0n) is 17.4. The number of ether oxygens (including phenoxy) is 2. The van der Waals surface area contributed by atoms with Crippen LogP contribution in [0.5, 0.6) is 23.0 Å². The Hall–Kier alpha value is -3.80. The Kier molecular flexibility index (Phi) is 4.93. The average Bonchev–Trinajstić information content (AvgIpc) is 2.89. The van der Waals surface area contributed by atoms with E-state index in [2.05, 4.69) is 0 Å². The lowest BCUT2D eigenvalue weighted by molar-refractivity contribution is -0.144. The van der Waals surface area contributed by atoms with Gasteiger partial charge in [-0.2, -0.15) is 0 Å². The molecule has 31 heavy (non-hydrogen) atoms. The van der Waals surface area contributed by atoms with Crippen LogP contribution in [-0.2, 0) is 19.9 Å². The molecule has 1 atom stereocenters. The van der Waals surface area contributed by atoms with Crippen LogP contribution < -0.4 is 4.74 Å². The summed E-state index contributed by atoms with van der Waals surface area (Å²) < 4.78 is 11.9. The van der Waals surface area contributed by atoms with E-state index < -0.39 is 17.5 Å². The lowest BCUT2D eigenvalue weighted by atomic mass is 9.77. The summed E-state index contributed by atoms with van der Waals surface area (Å²) in [6, 6.07) is 9.16. The summed E-state index contributed by atoms with van der Waals surface area (Å²) in [5, 5.41) is 19.9. The molecule has 2 N–H and O–H groups in total. The number of phenolic OH excluding ortho intramolecular Hbond substituents is 2. The van der Waals surface area contributed by atoms with Gasteiger partial charge in [0.15, 0.2) is 5.60 Å². The number of carbonyl (C=O) groups is 2. The van der Waals surface area contributed by atoms with E-state index in [0.717, 1.165) is 0 Å². The largest absolute Gasteiger partial charge is 0.508 e. The molecule has 0 saturated carbocycles. The summed E-state index contributed by atoms with van der Waals surface area (Å²) in [6.45, 7) is 5.49. The van der Waals surface area contributed by atoms with Gasteiger partial charge in [-0.1, -0.05) is 38.2 Å². The van der Waals surface area contributed by atoms with E-state index in [1.807, 2.05) is 13.8 Å². The average molecular weight is 418 g/mol. The SMILES string of the molecule is CC.CC(=O)C1C=CC2=C(C=C1)C1(OC2=O)c2ccc(O)cc2Oc2cc(O)ccc21. The molecule has 2 aromatic rings. The molecule has 2 aliphatic heterocycles. The lowest BCUT2D eigenvalue weighted by Crippen LogP contribution is -2.33. The predicted octanol–water partition coefficient (Wildman–Crippen LogP) is 4.66. The molecule has 1 spiro atoms. The van der Waals surface area contributed by atoms with Crippen molar-refractivity contribution in [3.05, 3.63) is 83.0 Å². The van der Waals surface area contributed by atoms with Crippen LogP contribution in [0.1, 0.15) is 31.9 Å². The minimum absolute atomic E-state index is 0.00558. The highest BCUT2D eigenvalue weighted by atomic mass is 16.6. The smallest absolute Gasteiger partial charge is 0.340 e. The van der Waals surface area contributed by atoms with Crippen molar-refractivity contribution in [1.29, 1.82) is 0 Å². The maximum Gasteiger partial charge on any atom is 0.340 e. The molecule has 0 radical (unpaired) electrons. The van der Waals surface area contributed by atoms with Crippen molar-refractivity contribution in [3.8, 4) is 23.0 Å².